The summed E-state index contributed by atoms with van der Waals surface area (Å²) in [6, 6.07) is 6.70. The zero-order chi connectivity index (χ0) is 21.3. The lowest BCUT2D eigenvalue weighted by Gasteiger charge is -2.26. The minimum absolute atomic E-state index is 0.149. The zero-order valence-corrected chi connectivity index (χ0v) is 15.5. The Labute approximate surface area is 168 Å². The molecule has 148 valence electrons. The fourth-order valence-electron chi connectivity index (χ4n) is 2.62. The second kappa shape index (κ2) is 7.60. The smallest absolute Gasteiger partial charge is 0.335 e. The van der Waals surface area contributed by atoms with Gasteiger partial charge in [-0.1, -0.05) is 11.6 Å². The van der Waals surface area contributed by atoms with Crippen LogP contribution in [-0.2, 0) is 9.59 Å². The van der Waals surface area contributed by atoms with E-state index in [0.29, 0.717) is 9.92 Å². The molecule has 1 fully saturated rings. The quantitative estimate of drug-likeness (QED) is 0.337. The Morgan fingerprint density at radius 2 is 1.86 bits per heavy atom. The number of nitrogens with one attached hydrogen (secondary N) is 1. The molecule has 3 rings (SSSR count). The summed E-state index contributed by atoms with van der Waals surface area (Å²) >= 11 is 5.80. The summed E-state index contributed by atoms with van der Waals surface area (Å²) in [4.78, 5) is 48.3. The summed E-state index contributed by atoms with van der Waals surface area (Å²) in [5.74, 6) is -2.73. The number of urea groups is 1. The number of phenols is 1. The van der Waals surface area contributed by atoms with Gasteiger partial charge in [-0.15, -0.1) is 0 Å². The van der Waals surface area contributed by atoms with Crippen LogP contribution in [0.25, 0.3) is 6.08 Å². The van der Waals surface area contributed by atoms with E-state index in [0.717, 1.165) is 18.2 Å². The number of phenolic OH excluding ortho intramolecular Hbond substituents is 1. The van der Waals surface area contributed by atoms with E-state index < -0.39 is 39.8 Å². The number of amides is 4. The van der Waals surface area contributed by atoms with E-state index in [1.165, 1.54) is 31.4 Å². The molecule has 1 heterocycles. The van der Waals surface area contributed by atoms with Crippen LogP contribution in [0.15, 0.2) is 42.0 Å². The molecule has 29 heavy (non-hydrogen) atoms. The highest BCUT2D eigenvalue weighted by Gasteiger charge is 2.37. The van der Waals surface area contributed by atoms with Crippen molar-refractivity contribution in [1.82, 2.24) is 5.32 Å². The van der Waals surface area contributed by atoms with Crippen LogP contribution < -0.4 is 15.0 Å². The Hall–Kier alpha value is -3.92. The number of nitro groups is 1. The van der Waals surface area contributed by atoms with Crippen molar-refractivity contribution in [3.05, 3.63) is 62.7 Å². The third kappa shape index (κ3) is 3.73. The van der Waals surface area contributed by atoms with Crippen LogP contribution in [0, 0.1) is 10.1 Å². The maximum Gasteiger partial charge on any atom is 0.335 e. The van der Waals surface area contributed by atoms with Gasteiger partial charge in [-0.25, -0.2) is 9.69 Å². The van der Waals surface area contributed by atoms with E-state index in [1.807, 2.05) is 5.32 Å². The number of aromatic hydroxyl groups is 1. The fourth-order valence-corrected chi connectivity index (χ4v) is 2.75. The number of carbonyl (C=O) groups is 3. The van der Waals surface area contributed by atoms with Gasteiger partial charge < -0.3 is 9.84 Å². The third-order valence-electron chi connectivity index (χ3n) is 4.01. The van der Waals surface area contributed by atoms with Crippen molar-refractivity contribution in [3.8, 4) is 11.5 Å². The molecular weight excluding hydrogens is 406 g/mol. The lowest BCUT2D eigenvalue weighted by Crippen LogP contribution is -2.54. The van der Waals surface area contributed by atoms with Crippen LogP contribution in [0.5, 0.6) is 11.5 Å². The summed E-state index contributed by atoms with van der Waals surface area (Å²) in [5.41, 5.74) is -1.01. The molecule has 2 aromatic rings. The number of rotatable bonds is 4. The molecule has 2 N–H and O–H groups in total. The molecule has 10 nitrogen and oxygen atoms in total. The maximum atomic E-state index is 12.8. The van der Waals surface area contributed by atoms with Gasteiger partial charge in [-0.3, -0.25) is 25.0 Å². The van der Waals surface area contributed by atoms with Crippen LogP contribution in [0.4, 0.5) is 16.2 Å². The van der Waals surface area contributed by atoms with Gasteiger partial charge in [0, 0.05) is 16.7 Å². The van der Waals surface area contributed by atoms with E-state index in [-0.39, 0.29) is 17.0 Å². The zero-order valence-electron chi connectivity index (χ0n) is 14.7. The Kier molecular flexibility index (Phi) is 5.20. The number of hydrogen-bond donors (Lipinski definition) is 2. The number of nitrogens with zero attached hydrogens (tertiary/aromatic N) is 2. The minimum Gasteiger partial charge on any atom is -0.504 e. The SMILES string of the molecule is COc1cc([N+](=O)[O-])cc(/C=C2\C(=O)NC(=O)N(c3ccc(Cl)cc3)C2=O)c1O. The standard InChI is InChI=1S/C18H12ClN3O7/c1-29-14-8-12(22(27)28)6-9(15(14)23)7-13-16(24)20-18(26)21(17(13)25)11-4-2-10(19)3-5-11/h2-8,23H,1H3,(H,20,24,26)/b13-7+. The number of imide groups is 2. The van der Waals surface area contributed by atoms with Crippen LogP contribution >= 0.6 is 11.6 Å². The summed E-state index contributed by atoms with van der Waals surface area (Å²) in [5, 5.41) is 23.7. The third-order valence-corrected chi connectivity index (χ3v) is 4.26. The highest BCUT2D eigenvalue weighted by Crippen LogP contribution is 2.36. The molecular formula is C18H12ClN3O7. The Balaban J connectivity index is 2.11. The predicted molar refractivity (Wildman–Crippen MR) is 102 cm³/mol. The molecule has 0 radical (unpaired) electrons. The molecule has 0 unspecified atom stereocenters. The molecule has 0 aliphatic carbocycles. The Morgan fingerprint density at radius 1 is 1.21 bits per heavy atom. The van der Waals surface area contributed by atoms with Gasteiger partial charge >= 0.3 is 6.03 Å². The first-order valence-electron chi connectivity index (χ1n) is 7.95. The molecule has 1 aliphatic heterocycles. The second-order valence-electron chi connectivity index (χ2n) is 5.78. The van der Waals surface area contributed by atoms with Gasteiger partial charge in [-0.2, -0.15) is 0 Å². The van der Waals surface area contributed by atoms with Gasteiger partial charge in [0.25, 0.3) is 17.5 Å². The van der Waals surface area contributed by atoms with Crippen LogP contribution in [-0.4, -0.2) is 35.0 Å². The molecule has 4 amide bonds. The van der Waals surface area contributed by atoms with E-state index in [9.17, 15) is 29.6 Å². The molecule has 1 saturated heterocycles. The monoisotopic (exact) mass is 417 g/mol. The maximum absolute atomic E-state index is 12.8. The number of methoxy groups -OCH3 is 1. The summed E-state index contributed by atoms with van der Waals surface area (Å²) in [6.45, 7) is 0. The van der Waals surface area contributed by atoms with Crippen molar-refractivity contribution in [2.24, 2.45) is 0 Å². The molecule has 1 aliphatic rings. The largest absolute Gasteiger partial charge is 0.504 e. The number of barbiturate groups is 1. The average molecular weight is 418 g/mol. The minimum atomic E-state index is -1.02. The molecule has 0 aromatic heterocycles. The van der Waals surface area contributed by atoms with Crippen molar-refractivity contribution < 1.29 is 29.2 Å². The number of ether oxygens (including phenoxy) is 1. The molecule has 0 atom stereocenters. The van der Waals surface area contributed by atoms with Gasteiger partial charge in [0.15, 0.2) is 11.5 Å². The summed E-state index contributed by atoms with van der Waals surface area (Å²) in [6.07, 6.45) is 0.942. The predicted octanol–water partition coefficient (Wildman–Crippen LogP) is 2.63. The highest BCUT2D eigenvalue weighted by atomic mass is 35.5. The lowest BCUT2D eigenvalue weighted by molar-refractivity contribution is -0.385. The van der Waals surface area contributed by atoms with Crippen molar-refractivity contribution >= 4 is 46.9 Å². The first-order valence-corrected chi connectivity index (χ1v) is 8.33. The highest BCUT2D eigenvalue weighted by molar-refractivity contribution is 6.39. The van der Waals surface area contributed by atoms with Gasteiger partial charge in [0.2, 0.25) is 0 Å². The van der Waals surface area contributed by atoms with Crippen molar-refractivity contribution in [2.45, 2.75) is 0 Å². The number of benzene rings is 2. The molecule has 0 bridgehead atoms. The second-order valence-corrected chi connectivity index (χ2v) is 6.21. The van der Waals surface area contributed by atoms with Crippen LogP contribution in [0.3, 0.4) is 0 Å². The molecule has 0 saturated carbocycles. The number of halogens is 1. The van der Waals surface area contributed by atoms with Crippen molar-refractivity contribution in [3.63, 3.8) is 0 Å². The molecule has 11 heteroatoms. The van der Waals surface area contributed by atoms with E-state index in [4.69, 9.17) is 16.3 Å². The van der Waals surface area contributed by atoms with Crippen molar-refractivity contribution in [2.75, 3.05) is 12.0 Å². The summed E-state index contributed by atoms with van der Waals surface area (Å²) in [7, 11) is 1.19. The number of carbonyl (C=O) groups excluding carboxylic acids is 3. The van der Waals surface area contributed by atoms with E-state index in [2.05, 4.69) is 0 Å². The number of anilines is 1. The fraction of sp³-hybridized carbons (Fsp3) is 0.0556. The average Bonchev–Trinajstić information content (AvgIpc) is 2.67. The van der Waals surface area contributed by atoms with Crippen molar-refractivity contribution in [1.29, 1.82) is 0 Å². The summed E-state index contributed by atoms with van der Waals surface area (Å²) < 4.78 is 4.89. The molecule has 0 spiro atoms. The Bertz CT molecular complexity index is 1080. The van der Waals surface area contributed by atoms with Crippen LogP contribution in [0.2, 0.25) is 5.02 Å². The van der Waals surface area contributed by atoms with E-state index >= 15 is 0 Å². The van der Waals surface area contributed by atoms with Gasteiger partial charge in [0.1, 0.15) is 5.57 Å². The number of nitro benzene ring substituents is 1. The first kappa shape index (κ1) is 19.8. The normalized spacial score (nSPS) is 15.4. The molecule has 2 aromatic carbocycles. The topological polar surface area (TPSA) is 139 Å². The first-order chi connectivity index (χ1) is 13.7. The van der Waals surface area contributed by atoms with Gasteiger partial charge in [-0.05, 0) is 30.3 Å². The number of hydrogen-bond acceptors (Lipinski definition) is 7. The lowest BCUT2D eigenvalue weighted by atomic mass is 10.0. The van der Waals surface area contributed by atoms with Gasteiger partial charge in [0.05, 0.1) is 23.8 Å². The van der Waals surface area contributed by atoms with E-state index in [1.54, 1.807) is 0 Å². The Morgan fingerprint density at radius 3 is 2.45 bits per heavy atom. The van der Waals surface area contributed by atoms with Crippen LogP contribution in [0.1, 0.15) is 5.56 Å². The number of non-ortho nitro benzene ring substituents is 1.